The van der Waals surface area contributed by atoms with Crippen molar-refractivity contribution in [2.24, 2.45) is 0 Å². The zero-order valence-corrected chi connectivity index (χ0v) is 12.0. The molecule has 3 aromatic rings. The van der Waals surface area contributed by atoms with Gasteiger partial charge in [0.05, 0.1) is 11.3 Å². The van der Waals surface area contributed by atoms with Gasteiger partial charge in [0.2, 0.25) is 0 Å². The third-order valence-electron chi connectivity index (χ3n) is 3.30. The molecule has 0 spiro atoms. The Labute approximate surface area is 126 Å². The first-order chi connectivity index (χ1) is 10.2. The molecule has 0 atom stereocenters. The molecule has 0 unspecified atom stereocenters. The molecule has 1 heterocycles. The molecule has 21 heavy (non-hydrogen) atoms. The maximum atomic E-state index is 11.3. The highest BCUT2D eigenvalue weighted by atomic mass is 32.1. The standard InChI is InChI=1S/C17H13NO2S/c19-18(20)15(10-13-6-2-1-3-7-13)11-14-12-21-17-9-5-4-8-16(14)17/h1-9,11-12H,10H2. The van der Waals surface area contributed by atoms with Crippen LogP contribution >= 0.6 is 11.3 Å². The monoisotopic (exact) mass is 295 g/mol. The van der Waals surface area contributed by atoms with Gasteiger partial charge in [0.1, 0.15) is 0 Å². The predicted molar refractivity (Wildman–Crippen MR) is 86.9 cm³/mol. The SMILES string of the molecule is O=[N+]([O-])C(=Cc1csc2ccccc12)Cc1ccccc1. The average Bonchev–Trinajstić information content (AvgIpc) is 2.91. The van der Waals surface area contributed by atoms with Crippen molar-refractivity contribution in [1.82, 2.24) is 0 Å². The van der Waals surface area contributed by atoms with Crippen LogP contribution in [0.1, 0.15) is 11.1 Å². The van der Waals surface area contributed by atoms with Crippen molar-refractivity contribution in [1.29, 1.82) is 0 Å². The largest absolute Gasteiger partial charge is 0.259 e. The minimum Gasteiger partial charge on any atom is -0.259 e. The van der Waals surface area contributed by atoms with E-state index in [9.17, 15) is 10.1 Å². The van der Waals surface area contributed by atoms with Crippen molar-refractivity contribution in [3.8, 4) is 0 Å². The summed E-state index contributed by atoms with van der Waals surface area (Å²) in [4.78, 5) is 11.0. The van der Waals surface area contributed by atoms with Crippen LogP contribution in [-0.2, 0) is 6.42 Å². The number of nitro groups is 1. The Morgan fingerprint density at radius 2 is 1.81 bits per heavy atom. The van der Waals surface area contributed by atoms with E-state index in [1.54, 1.807) is 17.4 Å². The van der Waals surface area contributed by atoms with Crippen molar-refractivity contribution >= 4 is 27.5 Å². The Bertz CT molecular complexity index is 806. The number of allylic oxidation sites excluding steroid dienone is 1. The number of benzene rings is 2. The normalized spacial score (nSPS) is 11.7. The molecule has 0 fully saturated rings. The lowest BCUT2D eigenvalue weighted by Gasteiger charge is -2.00. The van der Waals surface area contributed by atoms with E-state index in [2.05, 4.69) is 0 Å². The average molecular weight is 295 g/mol. The Morgan fingerprint density at radius 3 is 2.57 bits per heavy atom. The summed E-state index contributed by atoms with van der Waals surface area (Å²) in [6.07, 6.45) is 2.02. The Kier molecular flexibility index (Phi) is 3.79. The molecule has 0 saturated heterocycles. The van der Waals surface area contributed by atoms with Gasteiger partial charge in [0.15, 0.2) is 0 Å². The van der Waals surface area contributed by atoms with Crippen molar-refractivity contribution in [3.63, 3.8) is 0 Å². The molecule has 1 aromatic heterocycles. The fourth-order valence-electron chi connectivity index (χ4n) is 2.26. The smallest absolute Gasteiger partial charge is 0.251 e. The highest BCUT2D eigenvalue weighted by Crippen LogP contribution is 2.28. The van der Waals surface area contributed by atoms with Gasteiger partial charge in [-0.05, 0) is 28.0 Å². The zero-order valence-electron chi connectivity index (χ0n) is 11.2. The molecule has 0 bridgehead atoms. The summed E-state index contributed by atoms with van der Waals surface area (Å²) in [6, 6.07) is 17.5. The molecule has 3 nitrogen and oxygen atoms in total. The zero-order chi connectivity index (χ0) is 14.7. The molecule has 0 aliphatic rings. The number of hydrogen-bond acceptors (Lipinski definition) is 3. The summed E-state index contributed by atoms with van der Waals surface area (Å²) in [5.74, 6) is 0. The van der Waals surface area contributed by atoms with Crippen LogP contribution in [0.4, 0.5) is 0 Å². The first-order valence-electron chi connectivity index (χ1n) is 6.59. The van der Waals surface area contributed by atoms with Gasteiger partial charge >= 0.3 is 0 Å². The molecule has 2 aromatic carbocycles. The van der Waals surface area contributed by atoms with E-state index in [1.165, 1.54) is 0 Å². The fourth-order valence-corrected chi connectivity index (χ4v) is 3.18. The second-order valence-electron chi connectivity index (χ2n) is 4.74. The van der Waals surface area contributed by atoms with Gasteiger partial charge in [-0.15, -0.1) is 11.3 Å². The van der Waals surface area contributed by atoms with Gasteiger partial charge in [-0.2, -0.15) is 0 Å². The summed E-state index contributed by atoms with van der Waals surface area (Å²) < 4.78 is 1.14. The lowest BCUT2D eigenvalue weighted by molar-refractivity contribution is -0.425. The van der Waals surface area contributed by atoms with Crippen LogP contribution in [0.5, 0.6) is 0 Å². The third-order valence-corrected chi connectivity index (χ3v) is 4.28. The number of fused-ring (bicyclic) bond motifs is 1. The van der Waals surface area contributed by atoms with Gasteiger partial charge in [-0.3, -0.25) is 10.1 Å². The Balaban J connectivity index is 1.99. The first kappa shape index (κ1) is 13.5. The van der Waals surface area contributed by atoms with Crippen LogP contribution in [0.25, 0.3) is 16.2 Å². The molecular formula is C17H13NO2S. The van der Waals surface area contributed by atoms with Crippen LogP contribution in [0.2, 0.25) is 0 Å². The molecule has 0 N–H and O–H groups in total. The van der Waals surface area contributed by atoms with Gasteiger partial charge in [-0.25, -0.2) is 0 Å². The molecule has 0 aliphatic heterocycles. The molecule has 0 amide bonds. The second kappa shape index (κ2) is 5.89. The second-order valence-corrected chi connectivity index (χ2v) is 5.65. The number of hydrogen-bond donors (Lipinski definition) is 0. The number of thiophene rings is 1. The molecule has 3 rings (SSSR count). The number of rotatable bonds is 4. The quantitative estimate of drug-likeness (QED) is 0.514. The van der Waals surface area contributed by atoms with Crippen LogP contribution in [0, 0.1) is 10.1 Å². The van der Waals surface area contributed by atoms with Gasteiger partial charge in [-0.1, -0.05) is 48.5 Å². The third kappa shape index (κ3) is 3.01. The molecule has 0 radical (unpaired) electrons. The maximum absolute atomic E-state index is 11.3. The van der Waals surface area contributed by atoms with E-state index >= 15 is 0 Å². The topological polar surface area (TPSA) is 43.1 Å². The van der Waals surface area contributed by atoms with Gasteiger partial charge in [0.25, 0.3) is 5.70 Å². The summed E-state index contributed by atoms with van der Waals surface area (Å²) in [7, 11) is 0. The van der Waals surface area contributed by atoms with Crippen LogP contribution in [0.15, 0.2) is 65.7 Å². The highest BCUT2D eigenvalue weighted by Gasteiger charge is 2.13. The van der Waals surface area contributed by atoms with Crippen LogP contribution in [0.3, 0.4) is 0 Å². The Morgan fingerprint density at radius 1 is 1.10 bits per heavy atom. The van der Waals surface area contributed by atoms with Gasteiger partial charge < -0.3 is 0 Å². The highest BCUT2D eigenvalue weighted by molar-refractivity contribution is 7.17. The Hall–Kier alpha value is -2.46. The molecule has 104 valence electrons. The summed E-state index contributed by atoms with van der Waals surface area (Å²) in [5.41, 5.74) is 2.07. The van der Waals surface area contributed by atoms with E-state index < -0.39 is 0 Å². The number of nitrogens with zero attached hydrogens (tertiary/aromatic N) is 1. The van der Waals surface area contributed by atoms with Crippen LogP contribution in [-0.4, -0.2) is 4.92 Å². The van der Waals surface area contributed by atoms with Crippen molar-refractivity contribution < 1.29 is 4.92 Å². The van der Waals surface area contributed by atoms with Crippen molar-refractivity contribution in [3.05, 3.63) is 86.9 Å². The predicted octanol–water partition coefficient (Wildman–Crippen LogP) is 4.76. The molecule has 0 aliphatic carbocycles. The first-order valence-corrected chi connectivity index (χ1v) is 7.47. The van der Waals surface area contributed by atoms with E-state index in [1.807, 2.05) is 60.0 Å². The van der Waals surface area contributed by atoms with Crippen molar-refractivity contribution in [2.45, 2.75) is 6.42 Å². The maximum Gasteiger partial charge on any atom is 0.251 e. The van der Waals surface area contributed by atoms with E-state index in [-0.39, 0.29) is 10.6 Å². The minimum absolute atomic E-state index is 0.213. The summed E-state index contributed by atoms with van der Waals surface area (Å²) in [6.45, 7) is 0. The molecule has 4 heteroatoms. The summed E-state index contributed by atoms with van der Waals surface area (Å²) in [5, 5.41) is 14.3. The molecular weight excluding hydrogens is 282 g/mol. The lowest BCUT2D eigenvalue weighted by atomic mass is 10.1. The van der Waals surface area contributed by atoms with E-state index in [0.717, 1.165) is 21.2 Å². The summed E-state index contributed by atoms with van der Waals surface area (Å²) >= 11 is 1.61. The van der Waals surface area contributed by atoms with E-state index in [0.29, 0.717) is 6.42 Å². The lowest BCUT2D eigenvalue weighted by Crippen LogP contribution is -2.02. The molecule has 0 saturated carbocycles. The van der Waals surface area contributed by atoms with E-state index in [4.69, 9.17) is 0 Å². The minimum atomic E-state index is -0.292. The van der Waals surface area contributed by atoms with Crippen molar-refractivity contribution in [2.75, 3.05) is 0 Å². The fraction of sp³-hybridized carbons (Fsp3) is 0.0588. The van der Waals surface area contributed by atoms with Crippen LogP contribution < -0.4 is 0 Å². The van der Waals surface area contributed by atoms with Gasteiger partial charge in [0, 0.05) is 10.8 Å².